The van der Waals surface area contributed by atoms with E-state index in [2.05, 4.69) is 28.8 Å². The van der Waals surface area contributed by atoms with E-state index in [-0.39, 0.29) is 24.5 Å². The van der Waals surface area contributed by atoms with Gasteiger partial charge in [-0.25, -0.2) is 23.9 Å². The highest BCUT2D eigenvalue weighted by molar-refractivity contribution is 6.13. The summed E-state index contributed by atoms with van der Waals surface area (Å²) in [6, 6.07) is -1.96. The number of halogens is 1. The number of carbonyl (C=O) groups excluding carboxylic acids is 2. The average molecular weight is 338 g/mol. The van der Waals surface area contributed by atoms with E-state index in [9.17, 15) is 14.0 Å². The molecule has 0 radical (unpaired) electrons. The fraction of sp³-hybridized carbons (Fsp3) is 0.400. The third kappa shape index (κ3) is 4.66. The maximum Gasteiger partial charge on any atom is 0.331 e. The van der Waals surface area contributed by atoms with Gasteiger partial charge in [0.05, 0.1) is 5.83 Å². The van der Waals surface area contributed by atoms with Crippen molar-refractivity contribution in [1.82, 2.24) is 15.5 Å². The average Bonchev–Trinajstić information content (AvgIpc) is 2.81. The number of imide groups is 1. The summed E-state index contributed by atoms with van der Waals surface area (Å²) < 4.78 is 13.1. The Morgan fingerprint density at radius 3 is 2.75 bits per heavy atom. The van der Waals surface area contributed by atoms with Crippen molar-refractivity contribution in [3.63, 3.8) is 0 Å². The smallest absolute Gasteiger partial charge is 0.331 e. The Hall–Kier alpha value is -2.68. The lowest BCUT2D eigenvalue weighted by molar-refractivity contribution is 0.190. The fourth-order valence-corrected chi connectivity index (χ4v) is 2.21. The van der Waals surface area contributed by atoms with Crippen LogP contribution in [0.1, 0.15) is 13.3 Å². The van der Waals surface area contributed by atoms with Gasteiger partial charge in [0.15, 0.2) is 0 Å². The molecule has 0 bridgehead atoms. The lowest BCUT2D eigenvalue weighted by atomic mass is 10.0. The maximum absolute atomic E-state index is 13.1. The molecule has 1 fully saturated rings. The van der Waals surface area contributed by atoms with E-state index in [1.807, 2.05) is 0 Å². The number of hydrogen-bond donors (Lipinski definition) is 4. The zero-order chi connectivity index (χ0) is 18.3. The normalized spacial score (nSPS) is 20.3. The quantitative estimate of drug-likeness (QED) is 0.551. The first-order chi connectivity index (χ1) is 11.3. The minimum atomic E-state index is -0.753. The van der Waals surface area contributed by atoms with Gasteiger partial charge in [0.2, 0.25) is 0 Å². The van der Waals surface area contributed by atoms with Crippen molar-refractivity contribution in [1.29, 1.82) is 0 Å². The Labute approximate surface area is 140 Å². The number of amides is 4. The summed E-state index contributed by atoms with van der Waals surface area (Å²) in [7, 11) is 0. The Balaban J connectivity index is 3.04. The zero-order valence-electron chi connectivity index (χ0n) is 13.6. The van der Waals surface area contributed by atoms with Crippen molar-refractivity contribution in [3.8, 4) is 0 Å². The third-order valence-electron chi connectivity index (χ3n) is 3.33. The first-order valence-electron chi connectivity index (χ1n) is 7.42. The maximum atomic E-state index is 13.1. The first kappa shape index (κ1) is 19.4. The standard InChI is InChI=1S/C15H23FN6O2/c1-4-19-14(23)22-12(8-18)13(21-15(22)24)20-10(3)11(5-6-17)7-9(2)16/h5-6,11-12H,2-4,7-8,17-18H2,1H3,(H,19,23)(H,20,21,24)/b6-5-. The molecule has 0 aromatic rings. The Kier molecular flexibility index (Phi) is 7.12. The predicted octanol–water partition coefficient (Wildman–Crippen LogP) is 0.943. The molecule has 2 unspecified atom stereocenters. The van der Waals surface area contributed by atoms with Crippen molar-refractivity contribution in [2.24, 2.45) is 22.4 Å². The second-order valence-electron chi connectivity index (χ2n) is 5.09. The highest BCUT2D eigenvalue weighted by Gasteiger charge is 2.40. The lowest BCUT2D eigenvalue weighted by Crippen LogP contribution is -2.49. The van der Waals surface area contributed by atoms with Crippen molar-refractivity contribution in [2.45, 2.75) is 19.4 Å². The molecule has 4 amide bonds. The number of amidine groups is 1. The van der Waals surface area contributed by atoms with E-state index in [4.69, 9.17) is 11.5 Å². The number of urea groups is 2. The minimum Gasteiger partial charge on any atom is -0.405 e. The van der Waals surface area contributed by atoms with Gasteiger partial charge in [-0.1, -0.05) is 19.2 Å². The summed E-state index contributed by atoms with van der Waals surface area (Å²) in [4.78, 5) is 29.1. The molecule has 132 valence electrons. The molecule has 24 heavy (non-hydrogen) atoms. The van der Waals surface area contributed by atoms with Gasteiger partial charge < -0.3 is 16.8 Å². The van der Waals surface area contributed by atoms with Crippen LogP contribution in [-0.4, -0.2) is 41.9 Å². The number of nitrogens with zero attached hydrogens (tertiary/aromatic N) is 2. The molecule has 0 aromatic heterocycles. The number of nitrogens with one attached hydrogen (secondary N) is 2. The lowest BCUT2D eigenvalue weighted by Gasteiger charge is -2.20. The van der Waals surface area contributed by atoms with Gasteiger partial charge in [0, 0.05) is 31.1 Å². The summed E-state index contributed by atoms with van der Waals surface area (Å²) >= 11 is 0. The number of allylic oxidation sites excluding steroid dienone is 2. The zero-order valence-corrected chi connectivity index (χ0v) is 13.6. The SMILES string of the molecule is C=C(F)CC(/C=C\N)C(=C)/N=C1/NC(=O)N(C(=O)NCC)C1CN. The van der Waals surface area contributed by atoms with Crippen LogP contribution in [0.3, 0.4) is 0 Å². The van der Waals surface area contributed by atoms with Gasteiger partial charge in [-0.2, -0.15) is 0 Å². The molecule has 2 atom stereocenters. The molecule has 0 saturated carbocycles. The minimum absolute atomic E-state index is 0.0186. The van der Waals surface area contributed by atoms with Crippen molar-refractivity contribution < 1.29 is 14.0 Å². The molecule has 8 nitrogen and oxygen atoms in total. The molecule has 1 aliphatic rings. The summed E-state index contributed by atoms with van der Waals surface area (Å²) in [5.74, 6) is -0.887. The molecule has 1 saturated heterocycles. The van der Waals surface area contributed by atoms with Crippen LogP contribution in [0.25, 0.3) is 0 Å². The van der Waals surface area contributed by atoms with Gasteiger partial charge in [-0.3, -0.25) is 5.32 Å². The van der Waals surface area contributed by atoms with Gasteiger partial charge >= 0.3 is 12.1 Å². The van der Waals surface area contributed by atoms with Gasteiger partial charge in [-0.05, 0) is 13.1 Å². The predicted molar refractivity (Wildman–Crippen MR) is 90.5 cm³/mol. The number of carbonyl (C=O) groups is 2. The van der Waals surface area contributed by atoms with Crippen LogP contribution in [0.15, 0.2) is 42.0 Å². The third-order valence-corrected chi connectivity index (χ3v) is 3.33. The number of rotatable bonds is 7. The van der Waals surface area contributed by atoms with Crippen LogP contribution < -0.4 is 22.1 Å². The summed E-state index contributed by atoms with van der Waals surface area (Å²) in [5.41, 5.74) is 11.3. The second-order valence-corrected chi connectivity index (χ2v) is 5.09. The highest BCUT2D eigenvalue weighted by atomic mass is 19.1. The summed E-state index contributed by atoms with van der Waals surface area (Å²) in [5, 5.41) is 5.02. The van der Waals surface area contributed by atoms with Crippen LogP contribution in [0.2, 0.25) is 0 Å². The van der Waals surface area contributed by atoms with E-state index >= 15 is 0 Å². The monoisotopic (exact) mass is 338 g/mol. The van der Waals surface area contributed by atoms with E-state index < -0.39 is 29.8 Å². The van der Waals surface area contributed by atoms with Crippen LogP contribution in [-0.2, 0) is 0 Å². The molecule has 1 aliphatic heterocycles. The Morgan fingerprint density at radius 1 is 1.58 bits per heavy atom. The van der Waals surface area contributed by atoms with Crippen molar-refractivity contribution >= 4 is 17.9 Å². The molecule has 1 heterocycles. The van der Waals surface area contributed by atoms with Crippen molar-refractivity contribution in [2.75, 3.05) is 13.1 Å². The molecule has 0 aromatic carbocycles. The van der Waals surface area contributed by atoms with Crippen LogP contribution in [0.5, 0.6) is 0 Å². The Bertz CT molecular complexity index is 587. The van der Waals surface area contributed by atoms with Crippen LogP contribution >= 0.6 is 0 Å². The number of hydrogen-bond acceptors (Lipinski definition) is 5. The number of aliphatic imine (C=N–C) groups is 1. The molecular weight excluding hydrogens is 315 g/mol. The first-order valence-corrected chi connectivity index (χ1v) is 7.42. The molecule has 0 aliphatic carbocycles. The molecule has 1 rings (SSSR count). The topological polar surface area (TPSA) is 126 Å². The summed E-state index contributed by atoms with van der Waals surface area (Å²) in [6.45, 7) is 9.06. The van der Waals surface area contributed by atoms with E-state index in [1.165, 1.54) is 12.3 Å². The van der Waals surface area contributed by atoms with E-state index in [0.29, 0.717) is 6.54 Å². The largest absolute Gasteiger partial charge is 0.405 e. The highest BCUT2D eigenvalue weighted by Crippen LogP contribution is 2.22. The molecular formula is C15H23FN6O2. The van der Waals surface area contributed by atoms with E-state index in [1.54, 1.807) is 6.92 Å². The van der Waals surface area contributed by atoms with Gasteiger partial charge in [0.1, 0.15) is 11.9 Å². The van der Waals surface area contributed by atoms with Crippen LogP contribution in [0, 0.1) is 5.92 Å². The van der Waals surface area contributed by atoms with E-state index in [0.717, 1.165) is 4.90 Å². The van der Waals surface area contributed by atoms with Crippen molar-refractivity contribution in [3.05, 3.63) is 37.0 Å². The van der Waals surface area contributed by atoms with Gasteiger partial charge in [-0.15, -0.1) is 0 Å². The fourth-order valence-electron chi connectivity index (χ4n) is 2.21. The Morgan fingerprint density at radius 2 is 2.25 bits per heavy atom. The molecule has 9 heteroatoms. The molecule has 6 N–H and O–H groups in total. The summed E-state index contributed by atoms with van der Waals surface area (Å²) in [6.07, 6.45) is 2.74. The van der Waals surface area contributed by atoms with Crippen LogP contribution in [0.4, 0.5) is 14.0 Å². The van der Waals surface area contributed by atoms with Gasteiger partial charge in [0.25, 0.3) is 0 Å². The molecule has 0 spiro atoms. The number of nitrogens with two attached hydrogens (primary N) is 2. The second kappa shape index (κ2) is 8.82.